The van der Waals surface area contributed by atoms with E-state index in [4.69, 9.17) is 26.2 Å². The van der Waals surface area contributed by atoms with Crippen molar-refractivity contribution < 1.29 is 25.2 Å². The number of rotatable bonds is 5. The number of nitrogens with two attached hydrogens (primary N) is 1. The summed E-state index contributed by atoms with van der Waals surface area (Å²) in [7, 11) is 0. The molecule has 0 saturated carbocycles. The zero-order chi connectivity index (χ0) is 9.72. The van der Waals surface area contributed by atoms with E-state index in [9.17, 15) is 4.79 Å². The van der Waals surface area contributed by atoms with Crippen molar-refractivity contribution in [2.75, 3.05) is 6.61 Å². The molecule has 6 nitrogen and oxygen atoms in total. The molecule has 0 radical (unpaired) electrons. The van der Waals surface area contributed by atoms with Gasteiger partial charge < -0.3 is 31.0 Å². The number of carbonyl (C=O) groups is 1. The van der Waals surface area contributed by atoms with Gasteiger partial charge in [-0.25, -0.2) is 0 Å². The topological polar surface area (TPSA) is 124 Å². The molecule has 4 atom stereocenters. The van der Waals surface area contributed by atoms with Crippen LogP contribution in [0.25, 0.3) is 0 Å². The van der Waals surface area contributed by atoms with Crippen LogP contribution in [0.15, 0.2) is 0 Å². The average molecular weight is 179 g/mol. The van der Waals surface area contributed by atoms with Crippen molar-refractivity contribution in [1.29, 1.82) is 0 Å². The standard InChI is InChI=1S/C6H13NO5/c7-3(1-8)5(11)6(12)4(10)2-9/h1,3-6,9-12H,2,7H2/t3?,4-,5-,6-/m0/s1. The fraction of sp³-hybridized carbons (Fsp3) is 0.833. The third-order valence-electron chi connectivity index (χ3n) is 1.48. The SMILES string of the molecule is NC(C=O)[C@H](O)[C@@H](O)[C@@H](O)CO. The van der Waals surface area contributed by atoms with Gasteiger partial charge in [0.15, 0.2) is 0 Å². The van der Waals surface area contributed by atoms with Crippen LogP contribution in [0.5, 0.6) is 0 Å². The number of aldehydes is 1. The Morgan fingerprint density at radius 2 is 1.75 bits per heavy atom. The fourth-order valence-electron chi connectivity index (χ4n) is 0.644. The maximum absolute atomic E-state index is 10.0. The van der Waals surface area contributed by atoms with E-state index in [0.717, 1.165) is 0 Å². The molecule has 0 aliphatic rings. The van der Waals surface area contributed by atoms with Crippen molar-refractivity contribution in [3.05, 3.63) is 0 Å². The normalized spacial score (nSPS) is 21.1. The van der Waals surface area contributed by atoms with E-state index >= 15 is 0 Å². The van der Waals surface area contributed by atoms with Crippen LogP contribution in [0.2, 0.25) is 0 Å². The molecule has 0 aromatic heterocycles. The predicted octanol–water partition coefficient (Wildman–Crippen LogP) is -3.41. The monoisotopic (exact) mass is 179 g/mol. The molecule has 0 bridgehead atoms. The minimum absolute atomic E-state index is 0.248. The zero-order valence-corrected chi connectivity index (χ0v) is 6.37. The molecular weight excluding hydrogens is 166 g/mol. The Morgan fingerprint density at radius 3 is 2.08 bits per heavy atom. The Morgan fingerprint density at radius 1 is 1.25 bits per heavy atom. The molecule has 0 aliphatic heterocycles. The Hall–Kier alpha value is -0.530. The van der Waals surface area contributed by atoms with Crippen LogP contribution in [-0.2, 0) is 4.79 Å². The van der Waals surface area contributed by atoms with Crippen molar-refractivity contribution in [1.82, 2.24) is 0 Å². The van der Waals surface area contributed by atoms with Crippen LogP contribution in [0.1, 0.15) is 0 Å². The van der Waals surface area contributed by atoms with E-state index in [2.05, 4.69) is 0 Å². The van der Waals surface area contributed by atoms with Gasteiger partial charge in [0.05, 0.1) is 12.6 Å². The van der Waals surface area contributed by atoms with Crippen molar-refractivity contribution in [2.24, 2.45) is 5.73 Å². The molecule has 0 spiro atoms. The third kappa shape index (κ3) is 2.84. The lowest BCUT2D eigenvalue weighted by Crippen LogP contribution is -2.49. The van der Waals surface area contributed by atoms with Crippen molar-refractivity contribution in [2.45, 2.75) is 24.4 Å². The summed E-state index contributed by atoms with van der Waals surface area (Å²) in [5, 5.41) is 35.2. The first kappa shape index (κ1) is 11.5. The van der Waals surface area contributed by atoms with Gasteiger partial charge in [0, 0.05) is 0 Å². The first-order valence-corrected chi connectivity index (χ1v) is 3.40. The molecule has 0 amide bonds. The van der Waals surface area contributed by atoms with E-state index in [-0.39, 0.29) is 6.29 Å². The second-order valence-electron chi connectivity index (χ2n) is 2.44. The Bertz CT molecular complexity index is 142. The largest absolute Gasteiger partial charge is 0.394 e. The maximum atomic E-state index is 10.0. The zero-order valence-electron chi connectivity index (χ0n) is 6.37. The van der Waals surface area contributed by atoms with Crippen LogP contribution in [-0.4, -0.2) is 57.7 Å². The second kappa shape index (κ2) is 5.18. The number of aliphatic hydroxyl groups is 4. The molecule has 0 rings (SSSR count). The minimum atomic E-state index is -1.62. The summed E-state index contributed by atoms with van der Waals surface area (Å²) < 4.78 is 0. The smallest absolute Gasteiger partial charge is 0.139 e. The lowest BCUT2D eigenvalue weighted by Gasteiger charge is -2.23. The van der Waals surface area contributed by atoms with Gasteiger partial charge in [-0.3, -0.25) is 0 Å². The molecule has 0 aromatic carbocycles. The molecule has 12 heavy (non-hydrogen) atoms. The molecule has 0 saturated heterocycles. The van der Waals surface area contributed by atoms with Crippen molar-refractivity contribution in [3.8, 4) is 0 Å². The second-order valence-corrected chi connectivity index (χ2v) is 2.44. The molecule has 0 aromatic rings. The van der Waals surface area contributed by atoms with Gasteiger partial charge in [-0.05, 0) is 0 Å². The Balaban J connectivity index is 4.07. The van der Waals surface area contributed by atoms with Crippen molar-refractivity contribution in [3.63, 3.8) is 0 Å². The summed E-state index contributed by atoms with van der Waals surface area (Å²) >= 11 is 0. The van der Waals surface area contributed by atoms with Gasteiger partial charge in [0.25, 0.3) is 0 Å². The number of hydrogen-bond donors (Lipinski definition) is 5. The summed E-state index contributed by atoms with van der Waals surface area (Å²) in [5.41, 5.74) is 5.04. The highest BCUT2D eigenvalue weighted by atomic mass is 16.4. The molecule has 0 fully saturated rings. The van der Waals surface area contributed by atoms with Crippen molar-refractivity contribution >= 4 is 6.29 Å². The Kier molecular flexibility index (Phi) is 4.95. The lowest BCUT2D eigenvalue weighted by atomic mass is 10.0. The number of carbonyl (C=O) groups excluding carboxylic acids is 1. The minimum Gasteiger partial charge on any atom is -0.394 e. The molecule has 6 heteroatoms. The Labute approximate surface area is 69.2 Å². The summed E-state index contributed by atoms with van der Waals surface area (Å²) in [6, 6.07) is -1.26. The lowest BCUT2D eigenvalue weighted by molar-refractivity contribution is -0.118. The van der Waals surface area contributed by atoms with Gasteiger partial charge in [-0.1, -0.05) is 0 Å². The summed E-state index contributed by atoms with van der Waals surface area (Å²) in [4.78, 5) is 10.0. The van der Waals surface area contributed by atoms with Gasteiger partial charge in [-0.15, -0.1) is 0 Å². The highest BCUT2D eigenvalue weighted by Crippen LogP contribution is 2.01. The molecular formula is C6H13NO5. The van der Waals surface area contributed by atoms with Gasteiger partial charge in [0.2, 0.25) is 0 Å². The highest BCUT2D eigenvalue weighted by Gasteiger charge is 2.28. The number of hydrogen-bond acceptors (Lipinski definition) is 6. The third-order valence-corrected chi connectivity index (χ3v) is 1.48. The van der Waals surface area contributed by atoms with Gasteiger partial charge in [-0.2, -0.15) is 0 Å². The summed E-state index contributed by atoms with van der Waals surface area (Å²) in [6.45, 7) is -0.705. The van der Waals surface area contributed by atoms with E-state index in [1.807, 2.05) is 0 Å². The van der Waals surface area contributed by atoms with Crippen LogP contribution >= 0.6 is 0 Å². The fourth-order valence-corrected chi connectivity index (χ4v) is 0.644. The highest BCUT2D eigenvalue weighted by molar-refractivity contribution is 5.58. The molecule has 0 aliphatic carbocycles. The maximum Gasteiger partial charge on any atom is 0.139 e. The van der Waals surface area contributed by atoms with E-state index in [1.54, 1.807) is 0 Å². The molecule has 1 unspecified atom stereocenters. The predicted molar refractivity (Wildman–Crippen MR) is 39.1 cm³/mol. The first-order valence-electron chi connectivity index (χ1n) is 3.40. The van der Waals surface area contributed by atoms with Gasteiger partial charge in [0.1, 0.15) is 24.6 Å². The van der Waals surface area contributed by atoms with E-state index < -0.39 is 31.0 Å². The van der Waals surface area contributed by atoms with Crippen LogP contribution in [0.3, 0.4) is 0 Å². The van der Waals surface area contributed by atoms with Crippen LogP contribution < -0.4 is 5.73 Å². The van der Waals surface area contributed by atoms with Gasteiger partial charge >= 0.3 is 0 Å². The first-order chi connectivity index (χ1) is 5.54. The van der Waals surface area contributed by atoms with Crippen LogP contribution in [0, 0.1) is 0 Å². The summed E-state index contributed by atoms with van der Waals surface area (Å²) in [6.07, 6.45) is -4.43. The van der Waals surface area contributed by atoms with Crippen LogP contribution in [0.4, 0.5) is 0 Å². The molecule has 0 heterocycles. The number of aliphatic hydroxyl groups excluding tert-OH is 4. The average Bonchev–Trinajstić information content (AvgIpc) is 2.12. The quantitative estimate of drug-likeness (QED) is 0.280. The van der Waals surface area contributed by atoms with E-state index in [0.29, 0.717) is 0 Å². The summed E-state index contributed by atoms with van der Waals surface area (Å²) in [5.74, 6) is 0. The molecule has 72 valence electrons. The van der Waals surface area contributed by atoms with E-state index in [1.165, 1.54) is 0 Å². The molecule has 6 N–H and O–H groups in total.